The quantitative estimate of drug-likeness (QED) is 0.292. The van der Waals surface area contributed by atoms with Gasteiger partial charge in [-0.1, -0.05) is 79.4 Å². The Kier molecular flexibility index (Phi) is 11.3. The summed E-state index contributed by atoms with van der Waals surface area (Å²) in [6, 6.07) is 21.2. The second-order valence-electron chi connectivity index (χ2n) is 11.4. The lowest BCUT2D eigenvalue weighted by Gasteiger charge is -2.35. The highest BCUT2D eigenvalue weighted by Gasteiger charge is 2.34. The topological polar surface area (TPSA) is 105 Å². The molecule has 0 radical (unpaired) electrons. The summed E-state index contributed by atoms with van der Waals surface area (Å²) in [7, 11) is -0.961. The number of nitrogens with one attached hydrogen (secondary N) is 1. The van der Waals surface area contributed by atoms with Gasteiger partial charge in [0.25, 0.3) is 0 Å². The van der Waals surface area contributed by atoms with E-state index >= 15 is 0 Å². The monoisotopic (exact) mass is 621 g/mol. The lowest BCUT2D eigenvalue weighted by atomic mass is 9.94. The van der Waals surface area contributed by atoms with Gasteiger partial charge in [0.1, 0.15) is 12.6 Å². The summed E-state index contributed by atoms with van der Waals surface area (Å²) in [5.74, 6) is 0.0289. The smallest absolute Gasteiger partial charge is 0.244 e. The highest BCUT2D eigenvalue weighted by Crippen LogP contribution is 2.32. The van der Waals surface area contributed by atoms with Crippen LogP contribution in [-0.4, -0.2) is 64.2 Å². The molecule has 0 aliphatic heterocycles. The molecule has 3 aromatic rings. The lowest BCUT2D eigenvalue weighted by Crippen LogP contribution is -2.55. The number of methoxy groups -OCH3 is 2. The molecule has 2 amide bonds. The fourth-order valence-electron chi connectivity index (χ4n) is 5.70. The zero-order valence-electron chi connectivity index (χ0n) is 26.0. The van der Waals surface area contributed by atoms with Crippen LogP contribution in [0.2, 0.25) is 0 Å². The van der Waals surface area contributed by atoms with Gasteiger partial charge < -0.3 is 19.7 Å². The van der Waals surface area contributed by atoms with Crippen molar-refractivity contribution in [3.8, 4) is 11.5 Å². The molecule has 1 N–H and O–H groups in total. The Morgan fingerprint density at radius 1 is 0.886 bits per heavy atom. The SMILES string of the molecule is COc1ccc(N(CC(=O)N(Cc2cccc(C)c2)C(Cc2ccccc2)C(=O)NC2CCCCC2)S(C)(=O)=O)cc1OC. The van der Waals surface area contributed by atoms with Gasteiger partial charge in [-0.15, -0.1) is 0 Å². The summed E-state index contributed by atoms with van der Waals surface area (Å²) in [4.78, 5) is 29.9. The van der Waals surface area contributed by atoms with Crippen LogP contribution in [0.5, 0.6) is 11.5 Å². The van der Waals surface area contributed by atoms with Gasteiger partial charge in [-0.05, 0) is 43.0 Å². The first kappa shape index (κ1) is 32.9. The molecule has 0 aromatic heterocycles. The second-order valence-corrected chi connectivity index (χ2v) is 13.3. The summed E-state index contributed by atoms with van der Waals surface area (Å²) >= 11 is 0. The molecule has 236 valence electrons. The van der Waals surface area contributed by atoms with E-state index in [2.05, 4.69) is 5.32 Å². The lowest BCUT2D eigenvalue weighted by molar-refractivity contribution is -0.140. The van der Waals surface area contributed by atoms with Gasteiger partial charge >= 0.3 is 0 Å². The third-order valence-electron chi connectivity index (χ3n) is 7.99. The molecule has 3 aromatic carbocycles. The third kappa shape index (κ3) is 8.75. The van der Waals surface area contributed by atoms with Gasteiger partial charge in [-0.25, -0.2) is 8.42 Å². The van der Waals surface area contributed by atoms with Crippen molar-refractivity contribution in [3.63, 3.8) is 0 Å². The van der Waals surface area contributed by atoms with Crippen LogP contribution >= 0.6 is 0 Å². The summed E-state index contributed by atoms with van der Waals surface area (Å²) in [6.45, 7) is 1.61. The Labute approximate surface area is 261 Å². The van der Waals surface area contributed by atoms with Gasteiger partial charge in [0.15, 0.2) is 11.5 Å². The number of hydrogen-bond acceptors (Lipinski definition) is 6. The van der Waals surface area contributed by atoms with Gasteiger partial charge in [0.05, 0.1) is 26.2 Å². The molecule has 1 unspecified atom stereocenters. The van der Waals surface area contributed by atoms with E-state index in [1.165, 1.54) is 25.2 Å². The van der Waals surface area contributed by atoms with E-state index < -0.39 is 28.5 Å². The van der Waals surface area contributed by atoms with E-state index in [-0.39, 0.29) is 30.6 Å². The largest absolute Gasteiger partial charge is 0.493 e. The molecule has 1 atom stereocenters. The number of hydrogen-bond donors (Lipinski definition) is 1. The third-order valence-corrected chi connectivity index (χ3v) is 9.13. The standard InChI is InChI=1S/C34H43N3O6S/c1-25-12-11-15-27(20-25)23-36(30(21-26-13-7-5-8-14-26)34(39)35-28-16-9-6-10-17-28)33(38)24-37(44(4,40)41)29-18-19-31(42-2)32(22-29)43-3/h5,7-8,11-15,18-20,22,28,30H,6,9-10,16-17,21,23-24H2,1-4H3,(H,35,39). The predicted molar refractivity (Wildman–Crippen MR) is 172 cm³/mol. The summed E-state index contributed by atoms with van der Waals surface area (Å²) in [5.41, 5.74) is 3.02. The van der Waals surface area contributed by atoms with Crippen LogP contribution in [0.1, 0.15) is 48.8 Å². The Bertz CT molecular complexity index is 1520. The molecule has 1 saturated carbocycles. The molecule has 4 rings (SSSR count). The number of anilines is 1. The minimum absolute atomic E-state index is 0.0460. The molecule has 0 spiro atoms. The average Bonchev–Trinajstić information content (AvgIpc) is 3.01. The first-order valence-electron chi connectivity index (χ1n) is 15.0. The van der Waals surface area contributed by atoms with Crippen molar-refractivity contribution in [3.05, 3.63) is 89.5 Å². The number of carbonyl (C=O) groups is 2. The molecule has 0 heterocycles. The van der Waals surface area contributed by atoms with Crippen molar-refractivity contribution >= 4 is 27.5 Å². The highest BCUT2D eigenvalue weighted by atomic mass is 32.2. The molecule has 1 aliphatic carbocycles. The number of carbonyl (C=O) groups excluding carboxylic acids is 2. The van der Waals surface area contributed by atoms with E-state index in [9.17, 15) is 18.0 Å². The van der Waals surface area contributed by atoms with Crippen molar-refractivity contribution in [1.29, 1.82) is 0 Å². The maximum atomic E-state index is 14.4. The zero-order valence-corrected chi connectivity index (χ0v) is 26.8. The number of benzene rings is 3. The van der Waals surface area contributed by atoms with E-state index in [1.807, 2.05) is 61.5 Å². The number of ether oxygens (including phenoxy) is 2. The van der Waals surface area contributed by atoms with E-state index in [4.69, 9.17) is 9.47 Å². The Hall–Kier alpha value is -4.05. The Balaban J connectivity index is 1.74. The Morgan fingerprint density at radius 2 is 1.57 bits per heavy atom. The van der Waals surface area contributed by atoms with Crippen LogP contribution in [-0.2, 0) is 32.6 Å². The average molecular weight is 622 g/mol. The molecule has 1 aliphatic rings. The molecular weight excluding hydrogens is 578 g/mol. The van der Waals surface area contributed by atoms with Crippen LogP contribution in [0.3, 0.4) is 0 Å². The molecular formula is C34H43N3O6S. The summed E-state index contributed by atoms with van der Waals surface area (Å²) in [6.07, 6.45) is 6.39. The summed E-state index contributed by atoms with van der Waals surface area (Å²) in [5, 5.41) is 3.22. The van der Waals surface area contributed by atoms with Crippen molar-refractivity contribution in [2.45, 2.75) is 64.1 Å². The first-order valence-corrected chi connectivity index (χ1v) is 16.8. The first-order chi connectivity index (χ1) is 21.1. The minimum Gasteiger partial charge on any atom is -0.493 e. The summed E-state index contributed by atoms with van der Waals surface area (Å²) < 4.78 is 38.0. The molecule has 1 fully saturated rings. The van der Waals surface area contributed by atoms with Crippen LogP contribution in [0.25, 0.3) is 0 Å². The van der Waals surface area contributed by atoms with E-state index in [0.29, 0.717) is 11.5 Å². The molecule has 10 heteroatoms. The van der Waals surface area contributed by atoms with Crippen LogP contribution in [0.4, 0.5) is 5.69 Å². The van der Waals surface area contributed by atoms with Crippen molar-refractivity contribution < 1.29 is 27.5 Å². The number of nitrogens with zero attached hydrogens (tertiary/aromatic N) is 2. The number of amides is 2. The molecule has 44 heavy (non-hydrogen) atoms. The van der Waals surface area contributed by atoms with E-state index in [0.717, 1.165) is 59.4 Å². The number of sulfonamides is 1. The maximum absolute atomic E-state index is 14.4. The minimum atomic E-state index is -3.91. The molecule has 0 saturated heterocycles. The molecule has 0 bridgehead atoms. The van der Waals surface area contributed by atoms with Crippen LogP contribution < -0.4 is 19.1 Å². The zero-order chi connectivity index (χ0) is 31.7. The van der Waals surface area contributed by atoms with Gasteiger partial charge in [-0.2, -0.15) is 0 Å². The van der Waals surface area contributed by atoms with E-state index in [1.54, 1.807) is 12.1 Å². The van der Waals surface area contributed by atoms with Gasteiger partial charge in [0, 0.05) is 25.1 Å². The Morgan fingerprint density at radius 3 is 2.20 bits per heavy atom. The van der Waals surface area contributed by atoms with Crippen molar-refractivity contribution in [2.75, 3.05) is 31.3 Å². The number of aryl methyl sites for hydroxylation is 1. The van der Waals surface area contributed by atoms with Gasteiger partial charge in [-0.3, -0.25) is 13.9 Å². The normalized spacial score (nSPS) is 14.4. The fraction of sp³-hybridized carbons (Fsp3) is 0.412. The highest BCUT2D eigenvalue weighted by molar-refractivity contribution is 7.92. The van der Waals surface area contributed by atoms with Crippen LogP contribution in [0, 0.1) is 6.92 Å². The number of rotatable bonds is 13. The molecule has 9 nitrogen and oxygen atoms in total. The van der Waals surface area contributed by atoms with Gasteiger partial charge in [0.2, 0.25) is 21.8 Å². The van der Waals surface area contributed by atoms with Crippen LogP contribution in [0.15, 0.2) is 72.8 Å². The fourth-order valence-corrected chi connectivity index (χ4v) is 6.54. The predicted octanol–water partition coefficient (Wildman–Crippen LogP) is 4.87. The second kappa shape index (κ2) is 15.1. The van der Waals surface area contributed by atoms with Crippen molar-refractivity contribution in [1.82, 2.24) is 10.2 Å². The van der Waals surface area contributed by atoms with Crippen molar-refractivity contribution in [2.24, 2.45) is 0 Å². The maximum Gasteiger partial charge on any atom is 0.244 e.